The first-order chi connectivity index (χ1) is 8.66. The van der Waals surface area contributed by atoms with Crippen LogP contribution in [0.15, 0.2) is 41.4 Å². The molecule has 2 aromatic heterocycles. The Morgan fingerprint density at radius 2 is 2.06 bits per heavy atom. The minimum absolute atomic E-state index is 0.825. The normalized spacial score (nSPS) is 11.1. The van der Waals surface area contributed by atoms with Gasteiger partial charge in [0.05, 0.1) is 11.7 Å². The number of aromatic nitrogens is 3. The van der Waals surface area contributed by atoms with Crippen molar-refractivity contribution in [3.05, 3.63) is 52.5 Å². The van der Waals surface area contributed by atoms with E-state index in [0.29, 0.717) is 0 Å². The van der Waals surface area contributed by atoms with Crippen molar-refractivity contribution in [1.82, 2.24) is 14.4 Å². The number of hydrogen-bond donors (Lipinski definition) is 0. The van der Waals surface area contributed by atoms with E-state index in [1.165, 1.54) is 11.1 Å². The van der Waals surface area contributed by atoms with E-state index in [1.807, 2.05) is 12.4 Å². The first-order valence-corrected chi connectivity index (χ1v) is 6.51. The van der Waals surface area contributed by atoms with Crippen molar-refractivity contribution in [2.75, 3.05) is 0 Å². The Morgan fingerprint density at radius 3 is 2.89 bits per heavy atom. The topological polar surface area (TPSA) is 30.2 Å². The molecule has 0 saturated carbocycles. The molecule has 18 heavy (non-hydrogen) atoms. The third kappa shape index (κ3) is 1.73. The van der Waals surface area contributed by atoms with E-state index in [-0.39, 0.29) is 0 Å². The molecule has 0 unspecified atom stereocenters. The van der Waals surface area contributed by atoms with Gasteiger partial charge in [-0.15, -0.1) is 0 Å². The molecule has 3 nitrogen and oxygen atoms in total. The molecule has 3 rings (SSSR count). The van der Waals surface area contributed by atoms with E-state index in [9.17, 15) is 0 Å². The molecule has 2 heterocycles. The van der Waals surface area contributed by atoms with Crippen LogP contribution in [0, 0.1) is 13.8 Å². The third-order valence-corrected chi connectivity index (χ3v) is 3.62. The van der Waals surface area contributed by atoms with Crippen molar-refractivity contribution in [3.63, 3.8) is 0 Å². The predicted octanol–water partition coefficient (Wildman–Crippen LogP) is 3.78. The number of aryl methyl sites for hydroxylation is 2. The van der Waals surface area contributed by atoms with E-state index < -0.39 is 0 Å². The first kappa shape index (κ1) is 11.4. The first-order valence-electron chi connectivity index (χ1n) is 5.72. The Bertz CT molecular complexity index is 731. The van der Waals surface area contributed by atoms with Crippen LogP contribution in [0.4, 0.5) is 0 Å². The summed E-state index contributed by atoms with van der Waals surface area (Å²) in [4.78, 5) is 8.73. The molecular weight excluding hydrogens is 290 g/mol. The molecule has 0 bridgehead atoms. The second-order valence-electron chi connectivity index (χ2n) is 4.38. The van der Waals surface area contributed by atoms with Crippen molar-refractivity contribution in [2.24, 2.45) is 0 Å². The van der Waals surface area contributed by atoms with Gasteiger partial charge in [0.25, 0.3) is 0 Å². The maximum atomic E-state index is 4.60. The van der Waals surface area contributed by atoms with E-state index in [1.54, 1.807) is 6.20 Å². The van der Waals surface area contributed by atoms with Gasteiger partial charge in [-0.05, 0) is 41.4 Å². The summed E-state index contributed by atoms with van der Waals surface area (Å²) >= 11 is 3.49. The SMILES string of the molecule is Cc1ccc(C)c(-c2nc(Br)c3cnccn23)c1. The van der Waals surface area contributed by atoms with Crippen LogP contribution in [-0.4, -0.2) is 14.4 Å². The summed E-state index contributed by atoms with van der Waals surface area (Å²) in [5.41, 5.74) is 4.59. The van der Waals surface area contributed by atoms with Gasteiger partial charge in [0.15, 0.2) is 0 Å². The van der Waals surface area contributed by atoms with E-state index >= 15 is 0 Å². The van der Waals surface area contributed by atoms with Crippen LogP contribution in [0.1, 0.15) is 11.1 Å². The average molecular weight is 302 g/mol. The summed E-state index contributed by atoms with van der Waals surface area (Å²) in [7, 11) is 0. The summed E-state index contributed by atoms with van der Waals surface area (Å²) in [6.07, 6.45) is 5.52. The highest BCUT2D eigenvalue weighted by molar-refractivity contribution is 9.10. The van der Waals surface area contributed by atoms with Crippen LogP contribution < -0.4 is 0 Å². The van der Waals surface area contributed by atoms with Crippen molar-refractivity contribution in [1.29, 1.82) is 0 Å². The standard InChI is InChI=1S/C14H12BrN3/c1-9-3-4-10(2)11(7-9)14-17-13(15)12-8-16-5-6-18(12)14/h3-8H,1-2H3. The zero-order valence-electron chi connectivity index (χ0n) is 10.2. The Balaban J connectivity index is 2.35. The lowest BCUT2D eigenvalue weighted by atomic mass is 10.1. The van der Waals surface area contributed by atoms with Gasteiger partial charge in [0.2, 0.25) is 0 Å². The summed E-state index contributed by atoms with van der Waals surface area (Å²) in [5, 5.41) is 0. The van der Waals surface area contributed by atoms with Crippen molar-refractivity contribution >= 4 is 21.4 Å². The van der Waals surface area contributed by atoms with Gasteiger partial charge >= 0.3 is 0 Å². The molecule has 0 N–H and O–H groups in total. The van der Waals surface area contributed by atoms with Crippen LogP contribution in [0.2, 0.25) is 0 Å². The van der Waals surface area contributed by atoms with E-state index in [0.717, 1.165) is 21.5 Å². The van der Waals surface area contributed by atoms with E-state index in [4.69, 9.17) is 0 Å². The molecule has 0 aliphatic carbocycles. The zero-order valence-corrected chi connectivity index (χ0v) is 11.8. The fraction of sp³-hybridized carbons (Fsp3) is 0.143. The summed E-state index contributed by atoms with van der Waals surface area (Å²) in [6.45, 7) is 4.19. The highest BCUT2D eigenvalue weighted by Crippen LogP contribution is 2.28. The lowest BCUT2D eigenvalue weighted by Crippen LogP contribution is -1.92. The minimum atomic E-state index is 0.825. The molecule has 0 fully saturated rings. The number of imidazole rings is 1. The van der Waals surface area contributed by atoms with Gasteiger partial charge in [-0.2, -0.15) is 0 Å². The maximum absolute atomic E-state index is 4.60. The van der Waals surface area contributed by atoms with Crippen molar-refractivity contribution < 1.29 is 0 Å². The molecule has 0 aliphatic heterocycles. The van der Waals surface area contributed by atoms with Gasteiger partial charge in [-0.3, -0.25) is 9.38 Å². The second-order valence-corrected chi connectivity index (χ2v) is 5.13. The Labute approximate surface area is 114 Å². The molecule has 0 amide bonds. The molecule has 1 aromatic carbocycles. The summed E-state index contributed by atoms with van der Waals surface area (Å²) < 4.78 is 2.88. The molecule has 0 aliphatic rings. The van der Waals surface area contributed by atoms with Crippen molar-refractivity contribution in [3.8, 4) is 11.4 Å². The number of fused-ring (bicyclic) bond motifs is 1. The van der Waals surface area contributed by atoms with Gasteiger partial charge in [-0.25, -0.2) is 4.98 Å². The van der Waals surface area contributed by atoms with Crippen molar-refractivity contribution in [2.45, 2.75) is 13.8 Å². The molecular formula is C14H12BrN3. The number of halogens is 1. The van der Waals surface area contributed by atoms with Crippen LogP contribution in [0.3, 0.4) is 0 Å². The van der Waals surface area contributed by atoms with E-state index in [2.05, 4.69) is 62.3 Å². The molecule has 4 heteroatoms. The summed E-state index contributed by atoms with van der Waals surface area (Å²) in [5.74, 6) is 0.945. The number of nitrogens with zero attached hydrogens (tertiary/aromatic N) is 3. The smallest absolute Gasteiger partial charge is 0.146 e. The number of rotatable bonds is 1. The quantitative estimate of drug-likeness (QED) is 0.685. The minimum Gasteiger partial charge on any atom is -0.296 e. The van der Waals surface area contributed by atoms with Gasteiger partial charge < -0.3 is 0 Å². The zero-order chi connectivity index (χ0) is 12.7. The molecule has 0 spiro atoms. The Kier molecular flexibility index (Phi) is 2.67. The molecule has 0 radical (unpaired) electrons. The van der Waals surface area contributed by atoms with Crippen LogP contribution >= 0.6 is 15.9 Å². The average Bonchev–Trinajstić information content (AvgIpc) is 2.71. The summed E-state index contributed by atoms with van der Waals surface area (Å²) in [6, 6.07) is 6.41. The Hall–Kier alpha value is -1.68. The molecule has 3 aromatic rings. The molecule has 0 atom stereocenters. The number of benzene rings is 1. The monoisotopic (exact) mass is 301 g/mol. The van der Waals surface area contributed by atoms with Crippen LogP contribution in [0.5, 0.6) is 0 Å². The lowest BCUT2D eigenvalue weighted by Gasteiger charge is -2.06. The van der Waals surface area contributed by atoms with Crippen LogP contribution in [-0.2, 0) is 0 Å². The van der Waals surface area contributed by atoms with Gasteiger partial charge in [0.1, 0.15) is 10.4 Å². The second kappa shape index (κ2) is 4.21. The maximum Gasteiger partial charge on any atom is 0.146 e. The van der Waals surface area contributed by atoms with Gasteiger partial charge in [0, 0.05) is 18.0 Å². The largest absolute Gasteiger partial charge is 0.296 e. The number of hydrogen-bond acceptors (Lipinski definition) is 2. The fourth-order valence-electron chi connectivity index (χ4n) is 2.07. The lowest BCUT2D eigenvalue weighted by molar-refractivity contribution is 1.12. The molecule has 90 valence electrons. The third-order valence-electron chi connectivity index (χ3n) is 3.04. The fourth-order valence-corrected chi connectivity index (χ4v) is 2.53. The molecule has 0 saturated heterocycles. The highest BCUT2D eigenvalue weighted by atomic mass is 79.9. The Morgan fingerprint density at radius 1 is 1.22 bits per heavy atom. The van der Waals surface area contributed by atoms with Crippen LogP contribution in [0.25, 0.3) is 16.9 Å². The highest BCUT2D eigenvalue weighted by Gasteiger charge is 2.12. The van der Waals surface area contributed by atoms with Gasteiger partial charge in [-0.1, -0.05) is 17.7 Å². The predicted molar refractivity (Wildman–Crippen MR) is 75.6 cm³/mol.